The van der Waals surface area contributed by atoms with E-state index in [0.29, 0.717) is 5.92 Å². The molecule has 28 heavy (non-hydrogen) atoms. The van der Waals surface area contributed by atoms with Crippen molar-refractivity contribution in [2.24, 2.45) is 5.92 Å². The van der Waals surface area contributed by atoms with Crippen LogP contribution in [0.2, 0.25) is 0 Å². The molecule has 1 fully saturated rings. The van der Waals surface area contributed by atoms with Gasteiger partial charge >= 0.3 is 0 Å². The summed E-state index contributed by atoms with van der Waals surface area (Å²) in [6, 6.07) is 6.17. The van der Waals surface area contributed by atoms with Gasteiger partial charge in [-0.1, -0.05) is 18.6 Å². The van der Waals surface area contributed by atoms with Crippen LogP contribution in [0.5, 0.6) is 0 Å². The molecular weight excluding hydrogens is 348 g/mol. The van der Waals surface area contributed by atoms with Crippen LogP contribution in [0.15, 0.2) is 30.6 Å². The molecule has 1 saturated heterocycles. The SMILES string of the molecule is CCn1cc(-c2nc3ccc(C)cc3c(C(=O)N3CCC[C@H](C)C3)c2C)cn1. The first-order valence-corrected chi connectivity index (χ1v) is 10.2. The zero-order valence-electron chi connectivity index (χ0n) is 17.2. The van der Waals surface area contributed by atoms with Crippen molar-refractivity contribution in [3.63, 3.8) is 0 Å². The highest BCUT2D eigenvalue weighted by molar-refractivity contribution is 6.09. The summed E-state index contributed by atoms with van der Waals surface area (Å²) >= 11 is 0. The number of carbonyl (C=O) groups excluding carboxylic acids is 1. The fraction of sp³-hybridized carbons (Fsp3) is 0.435. The maximum atomic E-state index is 13.6. The highest BCUT2D eigenvalue weighted by Crippen LogP contribution is 2.32. The van der Waals surface area contributed by atoms with E-state index in [9.17, 15) is 4.79 Å². The first-order valence-electron chi connectivity index (χ1n) is 10.2. The lowest BCUT2D eigenvalue weighted by atomic mass is 9.94. The predicted molar refractivity (Wildman–Crippen MR) is 112 cm³/mol. The van der Waals surface area contributed by atoms with E-state index in [1.807, 2.05) is 35.0 Å². The second-order valence-corrected chi connectivity index (χ2v) is 8.06. The van der Waals surface area contributed by atoms with Gasteiger partial charge in [-0.3, -0.25) is 9.48 Å². The fourth-order valence-electron chi connectivity index (χ4n) is 4.22. The van der Waals surface area contributed by atoms with E-state index >= 15 is 0 Å². The summed E-state index contributed by atoms with van der Waals surface area (Å²) in [5.41, 5.74) is 5.55. The molecule has 5 heteroatoms. The van der Waals surface area contributed by atoms with Gasteiger partial charge in [0.2, 0.25) is 0 Å². The largest absolute Gasteiger partial charge is 0.338 e. The maximum absolute atomic E-state index is 13.6. The number of hydrogen-bond donors (Lipinski definition) is 0. The van der Waals surface area contributed by atoms with E-state index in [1.54, 1.807) is 0 Å². The van der Waals surface area contributed by atoms with Crippen LogP contribution in [0.3, 0.4) is 0 Å². The molecule has 0 aliphatic carbocycles. The number of nitrogens with zero attached hydrogens (tertiary/aromatic N) is 4. The first kappa shape index (κ1) is 18.7. The number of piperidine rings is 1. The van der Waals surface area contributed by atoms with Crippen molar-refractivity contribution in [1.82, 2.24) is 19.7 Å². The Kier molecular flexibility index (Phi) is 4.92. The Bertz CT molecular complexity index is 1040. The third-order valence-electron chi connectivity index (χ3n) is 5.77. The van der Waals surface area contributed by atoms with Crippen molar-refractivity contribution in [3.05, 3.63) is 47.3 Å². The monoisotopic (exact) mass is 376 g/mol. The highest BCUT2D eigenvalue weighted by Gasteiger charge is 2.26. The van der Waals surface area contributed by atoms with E-state index in [2.05, 4.69) is 38.0 Å². The van der Waals surface area contributed by atoms with Gasteiger partial charge in [0.1, 0.15) is 0 Å². The molecule has 2 aromatic heterocycles. The Balaban J connectivity index is 1.90. The molecule has 1 amide bonds. The summed E-state index contributed by atoms with van der Waals surface area (Å²) < 4.78 is 1.89. The topological polar surface area (TPSA) is 51.0 Å². The van der Waals surface area contributed by atoms with Crippen LogP contribution in [-0.2, 0) is 6.54 Å². The molecule has 5 nitrogen and oxygen atoms in total. The Hall–Kier alpha value is -2.69. The highest BCUT2D eigenvalue weighted by atomic mass is 16.2. The van der Waals surface area contributed by atoms with Crippen molar-refractivity contribution in [1.29, 1.82) is 0 Å². The smallest absolute Gasteiger partial charge is 0.254 e. The molecule has 1 atom stereocenters. The molecule has 0 unspecified atom stereocenters. The second-order valence-electron chi connectivity index (χ2n) is 8.06. The molecule has 0 saturated carbocycles. The number of amides is 1. The summed E-state index contributed by atoms with van der Waals surface area (Å²) in [5, 5.41) is 5.35. The molecule has 0 spiro atoms. The lowest BCUT2D eigenvalue weighted by Crippen LogP contribution is -2.39. The number of aryl methyl sites for hydroxylation is 2. The van der Waals surface area contributed by atoms with E-state index in [0.717, 1.165) is 64.9 Å². The molecule has 0 radical (unpaired) electrons. The summed E-state index contributed by atoms with van der Waals surface area (Å²) in [5.74, 6) is 0.682. The van der Waals surface area contributed by atoms with Crippen LogP contribution >= 0.6 is 0 Å². The van der Waals surface area contributed by atoms with Gasteiger partial charge in [-0.05, 0) is 57.2 Å². The lowest BCUT2D eigenvalue weighted by Gasteiger charge is -2.32. The Morgan fingerprint density at radius 3 is 2.82 bits per heavy atom. The number of rotatable bonds is 3. The molecule has 0 bridgehead atoms. The Labute approximate surface area is 166 Å². The molecule has 4 rings (SSSR count). The molecule has 0 N–H and O–H groups in total. The Morgan fingerprint density at radius 2 is 2.11 bits per heavy atom. The average molecular weight is 377 g/mol. The van der Waals surface area contributed by atoms with Crippen LogP contribution in [0.4, 0.5) is 0 Å². The average Bonchev–Trinajstić information content (AvgIpc) is 3.16. The van der Waals surface area contributed by atoms with E-state index in [-0.39, 0.29) is 5.91 Å². The van der Waals surface area contributed by atoms with E-state index < -0.39 is 0 Å². The lowest BCUT2D eigenvalue weighted by molar-refractivity contribution is 0.0684. The van der Waals surface area contributed by atoms with Crippen LogP contribution in [-0.4, -0.2) is 38.7 Å². The number of pyridine rings is 1. The number of fused-ring (bicyclic) bond motifs is 1. The number of carbonyl (C=O) groups is 1. The maximum Gasteiger partial charge on any atom is 0.254 e. The van der Waals surface area contributed by atoms with Crippen molar-refractivity contribution in [2.45, 2.75) is 47.1 Å². The molecule has 1 aliphatic heterocycles. The van der Waals surface area contributed by atoms with Crippen LogP contribution in [0, 0.1) is 19.8 Å². The molecule has 146 valence electrons. The molecule has 3 aromatic rings. The summed E-state index contributed by atoms with van der Waals surface area (Å²) in [4.78, 5) is 20.6. The standard InChI is InChI=1S/C23H28N4O/c1-5-27-14-18(12-24-27)22-17(4)21(19-11-15(2)8-9-20(19)25-22)23(28)26-10-6-7-16(3)13-26/h8-9,11-12,14,16H,5-7,10,13H2,1-4H3/t16-/m0/s1. The Morgan fingerprint density at radius 1 is 1.29 bits per heavy atom. The minimum absolute atomic E-state index is 0.131. The van der Waals surface area contributed by atoms with Crippen LogP contribution in [0.1, 0.15) is 48.2 Å². The summed E-state index contributed by atoms with van der Waals surface area (Å²) in [7, 11) is 0. The van der Waals surface area contributed by atoms with E-state index in [4.69, 9.17) is 4.98 Å². The zero-order chi connectivity index (χ0) is 19.8. The number of hydrogen-bond acceptors (Lipinski definition) is 3. The van der Waals surface area contributed by atoms with Crippen molar-refractivity contribution in [3.8, 4) is 11.3 Å². The second kappa shape index (κ2) is 7.38. The van der Waals surface area contributed by atoms with Gasteiger partial charge in [-0.2, -0.15) is 5.10 Å². The van der Waals surface area contributed by atoms with Gasteiger partial charge in [0.15, 0.2) is 0 Å². The van der Waals surface area contributed by atoms with Gasteiger partial charge in [0.25, 0.3) is 5.91 Å². The number of benzene rings is 1. The quantitative estimate of drug-likeness (QED) is 0.671. The third-order valence-corrected chi connectivity index (χ3v) is 5.77. The minimum atomic E-state index is 0.131. The van der Waals surface area contributed by atoms with Gasteiger partial charge in [-0.25, -0.2) is 4.98 Å². The summed E-state index contributed by atoms with van der Waals surface area (Å²) in [6.45, 7) is 10.8. The zero-order valence-corrected chi connectivity index (χ0v) is 17.2. The fourth-order valence-corrected chi connectivity index (χ4v) is 4.22. The predicted octanol–water partition coefficient (Wildman–Crippen LogP) is 4.61. The number of likely N-dealkylation sites (tertiary alicyclic amines) is 1. The molecule has 3 heterocycles. The molecule has 1 aliphatic rings. The van der Waals surface area contributed by atoms with Crippen molar-refractivity contribution in [2.75, 3.05) is 13.1 Å². The van der Waals surface area contributed by atoms with Crippen molar-refractivity contribution < 1.29 is 4.79 Å². The molecular formula is C23H28N4O. The third kappa shape index (κ3) is 3.30. The van der Waals surface area contributed by atoms with Crippen LogP contribution in [0.25, 0.3) is 22.2 Å². The molecule has 1 aromatic carbocycles. The van der Waals surface area contributed by atoms with Gasteiger partial charge in [-0.15, -0.1) is 0 Å². The minimum Gasteiger partial charge on any atom is -0.338 e. The van der Waals surface area contributed by atoms with Gasteiger partial charge < -0.3 is 4.90 Å². The normalized spacial score (nSPS) is 17.3. The van der Waals surface area contributed by atoms with E-state index in [1.165, 1.54) is 6.42 Å². The van der Waals surface area contributed by atoms with Crippen LogP contribution < -0.4 is 0 Å². The van der Waals surface area contributed by atoms with Gasteiger partial charge in [0.05, 0.1) is 23.0 Å². The number of aromatic nitrogens is 3. The first-order chi connectivity index (χ1) is 13.5. The van der Waals surface area contributed by atoms with Gasteiger partial charge in [0, 0.05) is 36.8 Å². The summed E-state index contributed by atoms with van der Waals surface area (Å²) in [6.07, 6.45) is 6.12. The van der Waals surface area contributed by atoms with Crippen molar-refractivity contribution >= 4 is 16.8 Å².